The van der Waals surface area contributed by atoms with Crippen molar-refractivity contribution in [1.82, 2.24) is 35.3 Å². The summed E-state index contributed by atoms with van der Waals surface area (Å²) in [5, 5.41) is 33.2. The lowest BCUT2D eigenvalue weighted by Crippen LogP contribution is -2.40. The second-order valence-electron chi connectivity index (χ2n) is 8.55. The molecule has 1 aliphatic rings. The lowest BCUT2D eigenvalue weighted by molar-refractivity contribution is 0.00183. The Bertz CT molecular complexity index is 1470. The highest BCUT2D eigenvalue weighted by Gasteiger charge is 2.32. The molecule has 34 heavy (non-hydrogen) atoms. The van der Waals surface area contributed by atoms with Gasteiger partial charge in [0.05, 0.1) is 5.69 Å². The van der Waals surface area contributed by atoms with Crippen LogP contribution in [-0.4, -0.2) is 48.1 Å². The third-order valence-electron chi connectivity index (χ3n) is 6.19. The smallest absolute Gasteiger partial charge is 0.240 e. The summed E-state index contributed by atoms with van der Waals surface area (Å²) in [4.78, 5) is 4.52. The maximum absolute atomic E-state index is 10.9. The number of piperidine rings is 1. The number of hydrogen-bond donors (Lipinski definition) is 2. The van der Waals surface area contributed by atoms with Gasteiger partial charge in [-0.1, -0.05) is 29.4 Å². The van der Waals surface area contributed by atoms with Gasteiger partial charge in [-0.2, -0.15) is 4.52 Å². The molecule has 0 spiro atoms. The van der Waals surface area contributed by atoms with Crippen molar-refractivity contribution in [2.45, 2.75) is 32.0 Å². The summed E-state index contributed by atoms with van der Waals surface area (Å²) in [5.41, 5.74) is 1.86. The largest absolute Gasteiger partial charge is 0.471 e. The number of pyridine rings is 1. The number of rotatable bonds is 5. The predicted molar refractivity (Wildman–Crippen MR) is 123 cm³/mol. The highest BCUT2D eigenvalue weighted by atomic mass is 16.5. The molecular formula is C24H23N7O3. The lowest BCUT2D eigenvalue weighted by Gasteiger charge is -2.32. The average molecular weight is 457 g/mol. The van der Waals surface area contributed by atoms with E-state index in [4.69, 9.17) is 9.26 Å². The van der Waals surface area contributed by atoms with E-state index in [0.29, 0.717) is 47.3 Å². The van der Waals surface area contributed by atoms with Crippen molar-refractivity contribution in [3.05, 3.63) is 65.7 Å². The van der Waals surface area contributed by atoms with Crippen LogP contribution in [0.25, 0.3) is 27.9 Å². The maximum Gasteiger partial charge on any atom is 0.240 e. The van der Waals surface area contributed by atoms with Crippen LogP contribution in [0.2, 0.25) is 0 Å². The molecule has 1 saturated heterocycles. The van der Waals surface area contributed by atoms with Gasteiger partial charge in [0.15, 0.2) is 11.3 Å². The molecule has 2 N–H and O–H groups in total. The molecule has 0 radical (unpaired) electrons. The van der Waals surface area contributed by atoms with Crippen LogP contribution in [0.3, 0.4) is 0 Å². The third-order valence-corrected chi connectivity index (χ3v) is 6.19. The van der Waals surface area contributed by atoms with Crippen molar-refractivity contribution in [1.29, 1.82) is 0 Å². The molecule has 0 saturated carbocycles. The molecule has 0 bridgehead atoms. The van der Waals surface area contributed by atoms with E-state index < -0.39 is 5.60 Å². The van der Waals surface area contributed by atoms with Crippen LogP contribution in [0.5, 0.6) is 5.88 Å². The van der Waals surface area contributed by atoms with E-state index in [0.717, 1.165) is 29.4 Å². The van der Waals surface area contributed by atoms with Crippen LogP contribution >= 0.6 is 0 Å². The second kappa shape index (κ2) is 8.15. The molecule has 1 aliphatic heterocycles. The quantitative estimate of drug-likeness (QED) is 0.410. The number of fused-ring (bicyclic) bond motifs is 3. The summed E-state index contributed by atoms with van der Waals surface area (Å²) >= 11 is 0. The van der Waals surface area contributed by atoms with E-state index >= 15 is 0 Å². The van der Waals surface area contributed by atoms with Crippen LogP contribution in [0.4, 0.5) is 0 Å². The fraction of sp³-hybridized carbons (Fsp3) is 0.292. The minimum absolute atomic E-state index is 0.274. The highest BCUT2D eigenvalue weighted by Crippen LogP contribution is 2.30. The Kier molecular flexibility index (Phi) is 4.96. The van der Waals surface area contributed by atoms with Crippen molar-refractivity contribution in [3.63, 3.8) is 0 Å². The molecule has 1 aromatic carbocycles. The number of aromatic nitrogens is 6. The van der Waals surface area contributed by atoms with Crippen LogP contribution < -0.4 is 10.1 Å². The van der Waals surface area contributed by atoms with Gasteiger partial charge in [0.2, 0.25) is 11.7 Å². The summed E-state index contributed by atoms with van der Waals surface area (Å²) in [6, 6.07) is 13.4. The number of hydrogen-bond acceptors (Lipinski definition) is 9. The normalized spacial score (nSPS) is 15.7. The molecule has 5 heterocycles. The number of nitrogens with one attached hydrogen (secondary N) is 1. The van der Waals surface area contributed by atoms with Gasteiger partial charge in [0.25, 0.3) is 0 Å². The molecule has 0 amide bonds. The summed E-state index contributed by atoms with van der Waals surface area (Å²) < 4.78 is 13.0. The Morgan fingerprint density at radius 1 is 1.12 bits per heavy atom. The van der Waals surface area contributed by atoms with Crippen LogP contribution in [0.15, 0.2) is 53.2 Å². The zero-order valence-corrected chi connectivity index (χ0v) is 18.6. The number of aryl methyl sites for hydroxylation is 1. The van der Waals surface area contributed by atoms with Crippen molar-refractivity contribution in [2.24, 2.45) is 0 Å². The molecule has 4 aromatic heterocycles. The maximum atomic E-state index is 10.9. The molecular weight excluding hydrogens is 434 g/mol. The first-order valence-corrected chi connectivity index (χ1v) is 11.2. The van der Waals surface area contributed by atoms with Gasteiger partial charge in [-0.15, -0.1) is 15.3 Å². The summed E-state index contributed by atoms with van der Waals surface area (Å²) in [6.45, 7) is 3.66. The van der Waals surface area contributed by atoms with Crippen molar-refractivity contribution < 1.29 is 14.4 Å². The van der Waals surface area contributed by atoms with Crippen molar-refractivity contribution >= 4 is 16.4 Å². The first-order chi connectivity index (χ1) is 16.6. The topological polar surface area (TPSA) is 123 Å². The Morgan fingerprint density at radius 2 is 1.94 bits per heavy atom. The number of ether oxygens (including phenoxy) is 1. The van der Waals surface area contributed by atoms with Crippen LogP contribution in [0.1, 0.15) is 29.9 Å². The van der Waals surface area contributed by atoms with Crippen LogP contribution in [0, 0.1) is 6.92 Å². The van der Waals surface area contributed by atoms with Crippen LogP contribution in [-0.2, 0) is 12.2 Å². The first kappa shape index (κ1) is 20.7. The van der Waals surface area contributed by atoms with E-state index in [2.05, 4.69) is 30.8 Å². The zero-order valence-electron chi connectivity index (χ0n) is 18.6. The predicted octanol–water partition coefficient (Wildman–Crippen LogP) is 2.79. The molecule has 172 valence electrons. The second-order valence-corrected chi connectivity index (χ2v) is 8.55. The average Bonchev–Trinajstić information content (AvgIpc) is 3.49. The molecule has 0 atom stereocenters. The standard InChI is InChI=1S/C24H23N7O3/c1-15-12-19(30-34-15)22-28-27-21-17-4-2-3-5-18(17)23(29-31(21)22)33-14-16-6-7-20(26-13-16)24(32)8-10-25-11-9-24/h2-7,12-13,25,32H,8-11,14H2,1H3. The molecule has 10 nitrogen and oxygen atoms in total. The van der Waals surface area contributed by atoms with Gasteiger partial charge in [-0.3, -0.25) is 4.98 Å². The van der Waals surface area contributed by atoms with Crippen molar-refractivity contribution in [3.8, 4) is 17.4 Å². The first-order valence-electron chi connectivity index (χ1n) is 11.2. The molecule has 0 unspecified atom stereocenters. The summed E-state index contributed by atoms with van der Waals surface area (Å²) in [5.74, 6) is 1.60. The van der Waals surface area contributed by atoms with Gasteiger partial charge in [0, 0.05) is 28.6 Å². The molecule has 10 heteroatoms. The van der Waals surface area contributed by atoms with E-state index in [1.807, 2.05) is 43.3 Å². The van der Waals surface area contributed by atoms with E-state index in [1.165, 1.54) is 0 Å². The zero-order chi connectivity index (χ0) is 23.1. The van der Waals surface area contributed by atoms with E-state index in [9.17, 15) is 5.11 Å². The van der Waals surface area contributed by atoms with Gasteiger partial charge in [-0.05, 0) is 45.0 Å². The highest BCUT2D eigenvalue weighted by molar-refractivity contribution is 5.96. The number of aliphatic hydroxyl groups is 1. The summed E-state index contributed by atoms with van der Waals surface area (Å²) in [7, 11) is 0. The van der Waals surface area contributed by atoms with Gasteiger partial charge >= 0.3 is 0 Å². The SMILES string of the molecule is Cc1cc(-c2nnc3c4ccccc4c(OCc4ccc(C5(O)CCNCC5)nc4)nn23)no1. The minimum Gasteiger partial charge on any atom is -0.471 e. The Hall–Kier alpha value is -3.89. The number of benzene rings is 1. The van der Waals surface area contributed by atoms with E-state index in [-0.39, 0.29) is 6.61 Å². The Labute approximate surface area is 194 Å². The Morgan fingerprint density at radius 3 is 2.68 bits per heavy atom. The molecule has 6 rings (SSSR count). The lowest BCUT2D eigenvalue weighted by atomic mass is 9.88. The minimum atomic E-state index is -0.877. The molecule has 1 fully saturated rings. The number of nitrogens with zero attached hydrogens (tertiary/aromatic N) is 6. The van der Waals surface area contributed by atoms with Crippen molar-refractivity contribution in [2.75, 3.05) is 13.1 Å². The Balaban J connectivity index is 1.32. The van der Waals surface area contributed by atoms with Gasteiger partial charge < -0.3 is 19.7 Å². The van der Waals surface area contributed by atoms with Gasteiger partial charge in [-0.25, -0.2) is 0 Å². The third kappa shape index (κ3) is 3.57. The fourth-order valence-corrected chi connectivity index (χ4v) is 4.32. The monoisotopic (exact) mass is 457 g/mol. The van der Waals surface area contributed by atoms with Gasteiger partial charge in [0.1, 0.15) is 18.0 Å². The fourth-order valence-electron chi connectivity index (χ4n) is 4.32. The molecule has 0 aliphatic carbocycles. The molecule has 5 aromatic rings. The summed E-state index contributed by atoms with van der Waals surface area (Å²) in [6.07, 6.45) is 3.05. The van der Waals surface area contributed by atoms with E-state index in [1.54, 1.807) is 16.8 Å².